The molecule has 0 aromatic heterocycles. The van der Waals surface area contributed by atoms with E-state index in [4.69, 9.17) is 16.3 Å². The maximum Gasteiger partial charge on any atom is 0.0591 e. The van der Waals surface area contributed by atoms with Crippen LogP contribution in [0.15, 0.2) is 24.3 Å². The highest BCUT2D eigenvalue weighted by atomic mass is 35.5. The number of halogens is 1. The van der Waals surface area contributed by atoms with Crippen LogP contribution in [0.4, 0.5) is 0 Å². The number of hydrogen-bond acceptors (Lipinski definition) is 2. The molecule has 0 bridgehead atoms. The molecule has 17 heavy (non-hydrogen) atoms. The molecule has 96 valence electrons. The standard InChI is InChI=1S/C14H22ClNO/c1-3-4-9-17-10-8-16-12(2)13-6-5-7-14(15)11-13/h5-7,11-12,16H,3-4,8-10H2,1-2H3/t12-/m0/s1. The second-order valence-corrected chi connectivity index (χ2v) is 4.63. The van der Waals surface area contributed by atoms with Gasteiger partial charge in [-0.15, -0.1) is 0 Å². The zero-order valence-corrected chi connectivity index (χ0v) is 11.5. The van der Waals surface area contributed by atoms with Crippen molar-refractivity contribution < 1.29 is 4.74 Å². The molecule has 0 unspecified atom stereocenters. The number of rotatable bonds is 8. The summed E-state index contributed by atoms with van der Waals surface area (Å²) in [7, 11) is 0. The molecule has 0 radical (unpaired) electrons. The van der Waals surface area contributed by atoms with Gasteiger partial charge < -0.3 is 10.1 Å². The van der Waals surface area contributed by atoms with Crippen LogP contribution in [0.1, 0.15) is 38.3 Å². The molecule has 0 saturated carbocycles. The van der Waals surface area contributed by atoms with Crippen molar-refractivity contribution in [1.29, 1.82) is 0 Å². The fraction of sp³-hybridized carbons (Fsp3) is 0.571. The first-order valence-corrected chi connectivity index (χ1v) is 6.68. The van der Waals surface area contributed by atoms with Gasteiger partial charge in [0, 0.05) is 24.2 Å². The summed E-state index contributed by atoms with van der Waals surface area (Å²) >= 11 is 5.95. The number of hydrogen-bond donors (Lipinski definition) is 1. The van der Waals surface area contributed by atoms with Gasteiger partial charge in [0.05, 0.1) is 6.61 Å². The van der Waals surface area contributed by atoms with Crippen molar-refractivity contribution in [3.05, 3.63) is 34.9 Å². The van der Waals surface area contributed by atoms with E-state index in [0.717, 1.165) is 31.2 Å². The average molecular weight is 256 g/mol. The quantitative estimate of drug-likeness (QED) is 0.714. The zero-order chi connectivity index (χ0) is 12.5. The van der Waals surface area contributed by atoms with E-state index in [9.17, 15) is 0 Å². The SMILES string of the molecule is CCCCOCCN[C@@H](C)c1cccc(Cl)c1. The van der Waals surface area contributed by atoms with E-state index < -0.39 is 0 Å². The van der Waals surface area contributed by atoms with Gasteiger partial charge >= 0.3 is 0 Å². The Bertz CT molecular complexity index is 317. The molecule has 1 aromatic rings. The first kappa shape index (κ1) is 14.5. The third-order valence-corrected chi connectivity index (χ3v) is 2.92. The van der Waals surface area contributed by atoms with Gasteiger partial charge in [0.1, 0.15) is 0 Å². The van der Waals surface area contributed by atoms with E-state index in [1.807, 2.05) is 18.2 Å². The third kappa shape index (κ3) is 6.06. The lowest BCUT2D eigenvalue weighted by molar-refractivity contribution is 0.131. The Morgan fingerprint density at radius 3 is 2.88 bits per heavy atom. The molecule has 0 spiro atoms. The summed E-state index contributed by atoms with van der Waals surface area (Å²) in [5, 5.41) is 4.21. The molecule has 0 fully saturated rings. The predicted molar refractivity (Wildman–Crippen MR) is 73.6 cm³/mol. The average Bonchev–Trinajstić information content (AvgIpc) is 2.33. The van der Waals surface area contributed by atoms with Crippen LogP contribution in [-0.2, 0) is 4.74 Å². The lowest BCUT2D eigenvalue weighted by Gasteiger charge is -2.14. The van der Waals surface area contributed by atoms with Crippen molar-refractivity contribution >= 4 is 11.6 Å². The Hall–Kier alpha value is -0.570. The number of ether oxygens (including phenoxy) is 1. The van der Waals surface area contributed by atoms with Gasteiger partial charge in [-0.05, 0) is 31.0 Å². The molecule has 1 N–H and O–H groups in total. The molecule has 0 amide bonds. The molecule has 0 saturated heterocycles. The van der Waals surface area contributed by atoms with E-state index in [-0.39, 0.29) is 0 Å². The monoisotopic (exact) mass is 255 g/mol. The van der Waals surface area contributed by atoms with E-state index in [2.05, 4.69) is 25.2 Å². The molecule has 2 nitrogen and oxygen atoms in total. The summed E-state index contributed by atoms with van der Waals surface area (Å²) in [6.07, 6.45) is 2.33. The van der Waals surface area contributed by atoms with Crippen molar-refractivity contribution in [2.75, 3.05) is 19.8 Å². The van der Waals surface area contributed by atoms with Crippen LogP contribution in [0.2, 0.25) is 5.02 Å². The van der Waals surface area contributed by atoms with Crippen LogP contribution in [0, 0.1) is 0 Å². The third-order valence-electron chi connectivity index (χ3n) is 2.69. The lowest BCUT2D eigenvalue weighted by atomic mass is 10.1. The number of nitrogens with one attached hydrogen (secondary N) is 1. The Morgan fingerprint density at radius 2 is 2.18 bits per heavy atom. The summed E-state index contributed by atoms with van der Waals surface area (Å²) in [4.78, 5) is 0. The number of unbranched alkanes of at least 4 members (excludes halogenated alkanes) is 1. The number of benzene rings is 1. The van der Waals surface area contributed by atoms with Crippen molar-refractivity contribution in [3.63, 3.8) is 0 Å². The fourth-order valence-corrected chi connectivity index (χ4v) is 1.79. The summed E-state index contributed by atoms with van der Waals surface area (Å²) in [5.74, 6) is 0. The summed E-state index contributed by atoms with van der Waals surface area (Å²) in [5.41, 5.74) is 1.21. The van der Waals surface area contributed by atoms with E-state index in [1.165, 1.54) is 12.0 Å². The minimum atomic E-state index is 0.309. The van der Waals surface area contributed by atoms with Crippen LogP contribution < -0.4 is 5.32 Å². The molecule has 3 heteroatoms. The topological polar surface area (TPSA) is 21.3 Å². The molecule has 1 atom stereocenters. The van der Waals surface area contributed by atoms with Crippen molar-refractivity contribution in [1.82, 2.24) is 5.32 Å². The van der Waals surface area contributed by atoms with Gasteiger partial charge in [-0.1, -0.05) is 37.1 Å². The predicted octanol–water partition coefficient (Wildman–Crippen LogP) is 3.81. The maximum absolute atomic E-state index is 5.95. The molecule has 0 aliphatic rings. The summed E-state index contributed by atoms with van der Waals surface area (Å²) in [6.45, 7) is 6.81. The largest absolute Gasteiger partial charge is 0.380 e. The first-order valence-electron chi connectivity index (χ1n) is 6.30. The molecular weight excluding hydrogens is 234 g/mol. The molecule has 0 aliphatic heterocycles. The molecule has 1 aromatic carbocycles. The maximum atomic E-state index is 5.95. The molecular formula is C14H22ClNO. The highest BCUT2D eigenvalue weighted by molar-refractivity contribution is 6.30. The van der Waals surface area contributed by atoms with Gasteiger partial charge in [0.25, 0.3) is 0 Å². The Balaban J connectivity index is 2.19. The van der Waals surface area contributed by atoms with Crippen molar-refractivity contribution in [3.8, 4) is 0 Å². The fourth-order valence-electron chi connectivity index (χ4n) is 1.59. The van der Waals surface area contributed by atoms with Crippen LogP contribution in [-0.4, -0.2) is 19.8 Å². The molecule has 0 heterocycles. The smallest absolute Gasteiger partial charge is 0.0591 e. The van der Waals surface area contributed by atoms with Crippen LogP contribution in [0.3, 0.4) is 0 Å². The summed E-state index contributed by atoms with van der Waals surface area (Å²) < 4.78 is 5.50. The highest BCUT2D eigenvalue weighted by Crippen LogP contribution is 2.16. The highest BCUT2D eigenvalue weighted by Gasteiger charge is 2.04. The van der Waals surface area contributed by atoms with Gasteiger partial charge in [-0.25, -0.2) is 0 Å². The van der Waals surface area contributed by atoms with Gasteiger partial charge in [0.15, 0.2) is 0 Å². The van der Waals surface area contributed by atoms with Gasteiger partial charge in [-0.3, -0.25) is 0 Å². The van der Waals surface area contributed by atoms with Crippen molar-refractivity contribution in [2.24, 2.45) is 0 Å². The van der Waals surface area contributed by atoms with Crippen LogP contribution in [0.25, 0.3) is 0 Å². The lowest BCUT2D eigenvalue weighted by Crippen LogP contribution is -2.23. The molecule has 0 aliphatic carbocycles. The van der Waals surface area contributed by atoms with Gasteiger partial charge in [0.2, 0.25) is 0 Å². The summed E-state index contributed by atoms with van der Waals surface area (Å²) in [6, 6.07) is 8.27. The second-order valence-electron chi connectivity index (χ2n) is 4.20. The van der Waals surface area contributed by atoms with E-state index in [1.54, 1.807) is 0 Å². The second kappa shape index (κ2) is 8.51. The normalized spacial score (nSPS) is 12.6. The van der Waals surface area contributed by atoms with Gasteiger partial charge in [-0.2, -0.15) is 0 Å². The zero-order valence-electron chi connectivity index (χ0n) is 10.7. The Labute approximate surface area is 109 Å². The van der Waals surface area contributed by atoms with Crippen molar-refractivity contribution in [2.45, 2.75) is 32.7 Å². The minimum absolute atomic E-state index is 0.309. The molecule has 1 rings (SSSR count). The first-order chi connectivity index (χ1) is 8.24. The van der Waals surface area contributed by atoms with Crippen LogP contribution >= 0.6 is 11.6 Å². The van der Waals surface area contributed by atoms with E-state index in [0.29, 0.717) is 6.04 Å². The minimum Gasteiger partial charge on any atom is -0.380 e. The van der Waals surface area contributed by atoms with E-state index >= 15 is 0 Å². The Morgan fingerprint density at radius 1 is 1.35 bits per heavy atom. The Kier molecular flexibility index (Phi) is 7.25. The van der Waals surface area contributed by atoms with Crippen LogP contribution in [0.5, 0.6) is 0 Å².